The van der Waals surface area contributed by atoms with Gasteiger partial charge in [0.1, 0.15) is 0 Å². The lowest BCUT2D eigenvalue weighted by atomic mass is 9.79. The van der Waals surface area contributed by atoms with Crippen molar-refractivity contribution in [3.05, 3.63) is 48.0 Å². The van der Waals surface area contributed by atoms with E-state index in [0.717, 1.165) is 5.56 Å². The van der Waals surface area contributed by atoms with Crippen LogP contribution in [0.2, 0.25) is 0 Å². The number of carbonyl (C=O) groups excluding carboxylic acids is 1. The van der Waals surface area contributed by atoms with Crippen LogP contribution in [0.4, 0.5) is 0 Å². The van der Waals surface area contributed by atoms with Crippen LogP contribution >= 0.6 is 12.4 Å². The van der Waals surface area contributed by atoms with Crippen LogP contribution in [-0.4, -0.2) is 25.7 Å². The molecule has 3 N–H and O–H groups in total. The van der Waals surface area contributed by atoms with Gasteiger partial charge in [-0.1, -0.05) is 36.4 Å². The topological polar surface area (TPSA) is 64.4 Å². The fraction of sp³-hybridized carbons (Fsp3) is 0.421. The number of rotatable bonds is 4. The van der Waals surface area contributed by atoms with Crippen LogP contribution in [0.25, 0.3) is 10.8 Å². The molecule has 1 amide bonds. The first-order chi connectivity index (χ1) is 11.1. The molecule has 1 aliphatic rings. The Morgan fingerprint density at radius 2 is 1.88 bits per heavy atom. The van der Waals surface area contributed by atoms with Crippen LogP contribution in [0.5, 0.6) is 0 Å². The Morgan fingerprint density at radius 1 is 1.21 bits per heavy atom. The van der Waals surface area contributed by atoms with Crippen LogP contribution in [-0.2, 0) is 9.53 Å². The van der Waals surface area contributed by atoms with Crippen LogP contribution < -0.4 is 11.1 Å². The van der Waals surface area contributed by atoms with Gasteiger partial charge >= 0.3 is 0 Å². The van der Waals surface area contributed by atoms with Crippen LogP contribution in [0, 0.1) is 5.41 Å². The number of amides is 1. The summed E-state index contributed by atoms with van der Waals surface area (Å²) in [5.41, 5.74) is 6.54. The summed E-state index contributed by atoms with van der Waals surface area (Å²) < 4.78 is 5.38. The number of hydrogen-bond donors (Lipinski definition) is 2. The van der Waals surface area contributed by atoms with Crippen molar-refractivity contribution in [3.63, 3.8) is 0 Å². The van der Waals surface area contributed by atoms with Crippen LogP contribution in [0.15, 0.2) is 42.5 Å². The van der Waals surface area contributed by atoms with Crippen LogP contribution in [0.3, 0.4) is 0 Å². The summed E-state index contributed by atoms with van der Waals surface area (Å²) in [7, 11) is 0. The molecule has 1 fully saturated rings. The van der Waals surface area contributed by atoms with Crippen molar-refractivity contribution in [1.82, 2.24) is 5.32 Å². The van der Waals surface area contributed by atoms with Gasteiger partial charge in [0.2, 0.25) is 5.91 Å². The molecule has 1 aliphatic heterocycles. The van der Waals surface area contributed by atoms with Gasteiger partial charge in [-0.25, -0.2) is 0 Å². The standard InChI is InChI=1S/C19H24N2O2.ClH/c1-14(16-7-6-15-4-2-3-5-17(15)12-16)21-18(22)19(13-20)8-10-23-11-9-19;/h2-7,12,14H,8-11,13,20H2,1H3,(H,21,22);1H. The highest BCUT2D eigenvalue weighted by molar-refractivity contribution is 5.85. The SMILES string of the molecule is CC(NC(=O)C1(CN)CCOCC1)c1ccc2ccccc2c1.Cl. The molecule has 0 bridgehead atoms. The Balaban J connectivity index is 0.00000208. The van der Waals surface area contributed by atoms with Crippen molar-refractivity contribution in [2.45, 2.75) is 25.8 Å². The molecule has 0 aromatic heterocycles. The van der Waals surface area contributed by atoms with E-state index in [1.165, 1.54) is 10.8 Å². The predicted octanol–water partition coefficient (Wildman–Crippen LogP) is 3.19. The number of hydrogen-bond acceptors (Lipinski definition) is 3. The van der Waals surface area contributed by atoms with E-state index in [1.807, 2.05) is 19.1 Å². The van der Waals surface area contributed by atoms with Gasteiger partial charge in [0, 0.05) is 19.8 Å². The first kappa shape index (κ1) is 18.7. The van der Waals surface area contributed by atoms with E-state index in [1.54, 1.807) is 0 Å². The maximum atomic E-state index is 12.8. The minimum atomic E-state index is -0.483. The minimum Gasteiger partial charge on any atom is -0.381 e. The van der Waals surface area contributed by atoms with E-state index in [9.17, 15) is 4.79 Å². The van der Waals surface area contributed by atoms with Gasteiger partial charge in [-0.05, 0) is 42.2 Å². The van der Waals surface area contributed by atoms with E-state index in [0.29, 0.717) is 32.6 Å². The zero-order chi connectivity index (χ0) is 16.3. The lowest BCUT2D eigenvalue weighted by Crippen LogP contribution is -2.49. The minimum absolute atomic E-state index is 0. The Bertz CT molecular complexity index is 699. The first-order valence-electron chi connectivity index (χ1n) is 8.22. The number of benzene rings is 2. The number of ether oxygens (including phenoxy) is 1. The second kappa shape index (κ2) is 7.97. The Morgan fingerprint density at radius 3 is 2.54 bits per heavy atom. The Kier molecular flexibility index (Phi) is 6.21. The van der Waals surface area contributed by atoms with Crippen molar-refractivity contribution in [2.24, 2.45) is 11.1 Å². The number of halogens is 1. The maximum absolute atomic E-state index is 12.8. The normalized spacial score (nSPS) is 17.8. The molecule has 130 valence electrons. The fourth-order valence-corrected chi connectivity index (χ4v) is 3.20. The molecule has 2 aromatic carbocycles. The number of nitrogens with one attached hydrogen (secondary N) is 1. The van der Waals surface area contributed by atoms with Crippen molar-refractivity contribution in [3.8, 4) is 0 Å². The Labute approximate surface area is 149 Å². The molecular weight excluding hydrogens is 324 g/mol. The molecule has 0 saturated carbocycles. The molecular formula is C19H25ClN2O2. The van der Waals surface area contributed by atoms with E-state index >= 15 is 0 Å². The van der Waals surface area contributed by atoms with Gasteiger partial charge in [0.05, 0.1) is 11.5 Å². The average molecular weight is 349 g/mol. The van der Waals surface area contributed by atoms with Gasteiger partial charge in [0.15, 0.2) is 0 Å². The van der Waals surface area contributed by atoms with Crippen molar-refractivity contribution in [1.29, 1.82) is 0 Å². The number of carbonyl (C=O) groups is 1. The third kappa shape index (κ3) is 3.72. The van der Waals surface area contributed by atoms with Gasteiger partial charge in [-0.3, -0.25) is 4.79 Å². The largest absolute Gasteiger partial charge is 0.381 e. The van der Waals surface area contributed by atoms with E-state index in [4.69, 9.17) is 10.5 Å². The number of fused-ring (bicyclic) bond motifs is 1. The van der Waals surface area contributed by atoms with Crippen molar-refractivity contribution >= 4 is 29.1 Å². The molecule has 0 aliphatic carbocycles. The molecule has 1 heterocycles. The van der Waals surface area contributed by atoms with E-state index < -0.39 is 5.41 Å². The molecule has 0 spiro atoms. The van der Waals surface area contributed by atoms with Gasteiger partial charge in [-0.2, -0.15) is 0 Å². The van der Waals surface area contributed by atoms with Gasteiger partial charge < -0.3 is 15.8 Å². The molecule has 24 heavy (non-hydrogen) atoms. The average Bonchev–Trinajstić information content (AvgIpc) is 2.61. The molecule has 3 rings (SSSR count). The molecule has 1 atom stereocenters. The monoisotopic (exact) mass is 348 g/mol. The lowest BCUT2D eigenvalue weighted by Gasteiger charge is -2.35. The predicted molar refractivity (Wildman–Crippen MR) is 99.3 cm³/mol. The summed E-state index contributed by atoms with van der Waals surface area (Å²) in [5, 5.41) is 5.54. The summed E-state index contributed by atoms with van der Waals surface area (Å²) in [6.07, 6.45) is 1.39. The highest BCUT2D eigenvalue weighted by Gasteiger charge is 2.39. The molecule has 4 nitrogen and oxygen atoms in total. The van der Waals surface area contributed by atoms with Crippen LogP contribution in [0.1, 0.15) is 31.4 Å². The molecule has 0 radical (unpaired) electrons. The quantitative estimate of drug-likeness (QED) is 0.891. The zero-order valence-electron chi connectivity index (χ0n) is 14.0. The molecule has 1 unspecified atom stereocenters. The molecule has 2 aromatic rings. The van der Waals surface area contributed by atoms with Crippen molar-refractivity contribution in [2.75, 3.05) is 19.8 Å². The Hall–Kier alpha value is -1.62. The third-order valence-electron chi connectivity index (χ3n) is 4.94. The van der Waals surface area contributed by atoms with Gasteiger partial charge in [-0.15, -0.1) is 12.4 Å². The number of nitrogens with two attached hydrogens (primary N) is 1. The molecule has 5 heteroatoms. The van der Waals surface area contributed by atoms with Gasteiger partial charge in [0.25, 0.3) is 0 Å². The summed E-state index contributed by atoms with van der Waals surface area (Å²) in [5.74, 6) is 0.0453. The van der Waals surface area contributed by atoms with E-state index in [2.05, 4.69) is 35.6 Å². The maximum Gasteiger partial charge on any atom is 0.228 e. The summed E-state index contributed by atoms with van der Waals surface area (Å²) >= 11 is 0. The smallest absolute Gasteiger partial charge is 0.228 e. The third-order valence-corrected chi connectivity index (χ3v) is 4.94. The first-order valence-corrected chi connectivity index (χ1v) is 8.22. The van der Waals surface area contributed by atoms with Crippen molar-refractivity contribution < 1.29 is 9.53 Å². The summed E-state index contributed by atoms with van der Waals surface area (Å²) in [6.45, 7) is 3.60. The summed E-state index contributed by atoms with van der Waals surface area (Å²) in [4.78, 5) is 12.8. The van der Waals surface area contributed by atoms with E-state index in [-0.39, 0.29) is 24.4 Å². The second-order valence-electron chi connectivity index (χ2n) is 6.40. The highest BCUT2D eigenvalue weighted by atomic mass is 35.5. The highest BCUT2D eigenvalue weighted by Crippen LogP contribution is 2.30. The second-order valence-corrected chi connectivity index (χ2v) is 6.40. The lowest BCUT2D eigenvalue weighted by molar-refractivity contribution is -0.136. The molecule has 1 saturated heterocycles. The zero-order valence-corrected chi connectivity index (χ0v) is 14.8. The fourth-order valence-electron chi connectivity index (χ4n) is 3.20. The summed E-state index contributed by atoms with van der Waals surface area (Å²) in [6, 6.07) is 14.5.